The van der Waals surface area contributed by atoms with E-state index in [4.69, 9.17) is 5.73 Å². The highest BCUT2D eigenvalue weighted by atomic mass is 15.1. The van der Waals surface area contributed by atoms with Gasteiger partial charge in [0.15, 0.2) is 0 Å². The summed E-state index contributed by atoms with van der Waals surface area (Å²) in [5, 5.41) is 0. The standard InChI is InChI=1S/C18H20N2/c19-18-10-4-9-16-14-20(13-11-17(16)18)12-5-8-15-6-2-1-3-7-15/h1-10H,11-14,19H2/b8-5+. The highest BCUT2D eigenvalue weighted by Gasteiger charge is 2.16. The molecule has 0 saturated heterocycles. The van der Waals surface area contributed by atoms with Gasteiger partial charge in [0.05, 0.1) is 0 Å². The number of nitrogens with zero attached hydrogens (tertiary/aromatic N) is 1. The minimum absolute atomic E-state index is 0.946. The fourth-order valence-corrected chi connectivity index (χ4v) is 2.76. The molecule has 0 aromatic heterocycles. The van der Waals surface area contributed by atoms with Crippen LogP contribution in [-0.2, 0) is 13.0 Å². The van der Waals surface area contributed by atoms with E-state index in [2.05, 4.69) is 53.5 Å². The highest BCUT2D eigenvalue weighted by Crippen LogP contribution is 2.23. The first-order valence-electron chi connectivity index (χ1n) is 7.13. The molecule has 3 rings (SSSR count). The molecule has 1 aliphatic heterocycles. The van der Waals surface area contributed by atoms with Gasteiger partial charge >= 0.3 is 0 Å². The smallest absolute Gasteiger partial charge is 0.0350 e. The average molecular weight is 264 g/mol. The molecule has 0 unspecified atom stereocenters. The molecule has 2 nitrogen and oxygen atoms in total. The summed E-state index contributed by atoms with van der Waals surface area (Å²) in [4.78, 5) is 2.46. The van der Waals surface area contributed by atoms with E-state index < -0.39 is 0 Å². The second-order valence-corrected chi connectivity index (χ2v) is 5.28. The minimum Gasteiger partial charge on any atom is -0.398 e. The summed E-state index contributed by atoms with van der Waals surface area (Å²) in [6, 6.07) is 16.7. The van der Waals surface area contributed by atoms with Gasteiger partial charge in [0.1, 0.15) is 0 Å². The van der Waals surface area contributed by atoms with Gasteiger partial charge < -0.3 is 5.73 Å². The summed E-state index contributed by atoms with van der Waals surface area (Å²) in [5.74, 6) is 0. The maximum Gasteiger partial charge on any atom is 0.0350 e. The van der Waals surface area contributed by atoms with Gasteiger partial charge in [0.25, 0.3) is 0 Å². The van der Waals surface area contributed by atoms with Crippen molar-refractivity contribution in [2.24, 2.45) is 0 Å². The van der Waals surface area contributed by atoms with Crippen molar-refractivity contribution in [3.8, 4) is 0 Å². The lowest BCUT2D eigenvalue weighted by Gasteiger charge is -2.28. The molecule has 20 heavy (non-hydrogen) atoms. The normalized spacial score (nSPS) is 15.4. The zero-order chi connectivity index (χ0) is 13.8. The van der Waals surface area contributed by atoms with Gasteiger partial charge in [0.2, 0.25) is 0 Å². The fraction of sp³-hybridized carbons (Fsp3) is 0.222. The van der Waals surface area contributed by atoms with Gasteiger partial charge in [-0.2, -0.15) is 0 Å². The second kappa shape index (κ2) is 5.93. The van der Waals surface area contributed by atoms with Crippen molar-refractivity contribution in [3.63, 3.8) is 0 Å². The number of benzene rings is 2. The topological polar surface area (TPSA) is 29.3 Å². The number of nitrogens with two attached hydrogens (primary N) is 1. The number of anilines is 1. The number of fused-ring (bicyclic) bond motifs is 1. The second-order valence-electron chi connectivity index (χ2n) is 5.28. The third-order valence-corrected chi connectivity index (χ3v) is 3.85. The van der Waals surface area contributed by atoms with Gasteiger partial charge in [-0.05, 0) is 29.2 Å². The average Bonchev–Trinajstić information content (AvgIpc) is 2.48. The number of nitrogen functional groups attached to an aromatic ring is 1. The first-order chi connectivity index (χ1) is 9.83. The molecular formula is C18H20N2. The SMILES string of the molecule is Nc1cccc2c1CCN(C/C=C/c1ccccc1)C2. The van der Waals surface area contributed by atoms with Crippen LogP contribution in [0.3, 0.4) is 0 Å². The van der Waals surface area contributed by atoms with Crippen LogP contribution in [0.2, 0.25) is 0 Å². The first-order valence-corrected chi connectivity index (χ1v) is 7.13. The maximum absolute atomic E-state index is 6.03. The molecule has 0 saturated carbocycles. The Morgan fingerprint density at radius 1 is 1.05 bits per heavy atom. The first kappa shape index (κ1) is 12.9. The summed E-state index contributed by atoms with van der Waals surface area (Å²) in [6.07, 6.45) is 5.49. The van der Waals surface area contributed by atoms with Crippen LogP contribution in [0.1, 0.15) is 16.7 Å². The van der Waals surface area contributed by atoms with Crippen molar-refractivity contribution in [2.75, 3.05) is 18.8 Å². The molecule has 0 atom stereocenters. The van der Waals surface area contributed by atoms with Gasteiger partial charge in [0, 0.05) is 25.3 Å². The third kappa shape index (κ3) is 2.91. The maximum atomic E-state index is 6.03. The lowest BCUT2D eigenvalue weighted by molar-refractivity contribution is 0.282. The van der Waals surface area contributed by atoms with Gasteiger partial charge in [-0.25, -0.2) is 0 Å². The monoisotopic (exact) mass is 264 g/mol. The zero-order valence-corrected chi connectivity index (χ0v) is 11.6. The molecule has 0 aliphatic carbocycles. The van der Waals surface area contributed by atoms with Gasteiger partial charge in [-0.15, -0.1) is 0 Å². The van der Waals surface area contributed by atoms with Crippen LogP contribution in [0.15, 0.2) is 54.6 Å². The fourth-order valence-electron chi connectivity index (χ4n) is 2.76. The quantitative estimate of drug-likeness (QED) is 0.862. The van der Waals surface area contributed by atoms with E-state index in [1.165, 1.54) is 16.7 Å². The molecule has 102 valence electrons. The van der Waals surface area contributed by atoms with Crippen molar-refractivity contribution < 1.29 is 0 Å². The molecule has 2 aromatic rings. The molecular weight excluding hydrogens is 244 g/mol. The molecule has 0 radical (unpaired) electrons. The molecule has 0 bridgehead atoms. The third-order valence-electron chi connectivity index (χ3n) is 3.85. The Kier molecular flexibility index (Phi) is 3.84. The highest BCUT2D eigenvalue weighted by molar-refractivity contribution is 5.52. The van der Waals surface area contributed by atoms with Crippen molar-refractivity contribution >= 4 is 11.8 Å². The Labute approximate surface area is 120 Å². The van der Waals surface area contributed by atoms with E-state index in [0.29, 0.717) is 0 Å². The van der Waals surface area contributed by atoms with Crippen LogP contribution < -0.4 is 5.73 Å². The summed E-state index contributed by atoms with van der Waals surface area (Å²) in [7, 11) is 0. The van der Waals surface area contributed by atoms with E-state index in [-0.39, 0.29) is 0 Å². The van der Waals surface area contributed by atoms with Crippen LogP contribution in [0.25, 0.3) is 6.08 Å². The predicted molar refractivity (Wildman–Crippen MR) is 85.3 cm³/mol. The van der Waals surface area contributed by atoms with Crippen molar-refractivity contribution in [2.45, 2.75) is 13.0 Å². The molecule has 2 aromatic carbocycles. The molecule has 2 heteroatoms. The van der Waals surface area contributed by atoms with Gasteiger partial charge in [-0.1, -0.05) is 54.6 Å². The van der Waals surface area contributed by atoms with E-state index in [1.807, 2.05) is 12.1 Å². The van der Waals surface area contributed by atoms with Crippen LogP contribution in [-0.4, -0.2) is 18.0 Å². The Balaban J connectivity index is 1.62. The van der Waals surface area contributed by atoms with Crippen LogP contribution in [0.5, 0.6) is 0 Å². The lowest BCUT2D eigenvalue weighted by Crippen LogP contribution is -2.31. The van der Waals surface area contributed by atoms with E-state index in [1.54, 1.807) is 0 Å². The molecule has 2 N–H and O–H groups in total. The Morgan fingerprint density at radius 2 is 1.90 bits per heavy atom. The van der Waals surface area contributed by atoms with Crippen LogP contribution >= 0.6 is 0 Å². The number of rotatable bonds is 3. The summed E-state index contributed by atoms with van der Waals surface area (Å²) >= 11 is 0. The van der Waals surface area contributed by atoms with E-state index in [9.17, 15) is 0 Å². The van der Waals surface area contributed by atoms with E-state index in [0.717, 1.165) is 31.7 Å². The molecule has 0 amide bonds. The Morgan fingerprint density at radius 3 is 2.75 bits per heavy atom. The summed E-state index contributed by atoms with van der Waals surface area (Å²) in [6.45, 7) is 3.07. The number of hydrogen-bond acceptors (Lipinski definition) is 2. The molecule has 0 spiro atoms. The minimum atomic E-state index is 0.946. The van der Waals surface area contributed by atoms with Crippen LogP contribution in [0.4, 0.5) is 5.69 Å². The largest absolute Gasteiger partial charge is 0.398 e. The van der Waals surface area contributed by atoms with Gasteiger partial charge in [-0.3, -0.25) is 4.90 Å². The molecule has 1 heterocycles. The van der Waals surface area contributed by atoms with Crippen LogP contribution in [0, 0.1) is 0 Å². The van der Waals surface area contributed by atoms with Crippen molar-refractivity contribution in [1.82, 2.24) is 4.90 Å². The van der Waals surface area contributed by atoms with E-state index >= 15 is 0 Å². The predicted octanol–water partition coefficient (Wildman–Crippen LogP) is 3.34. The summed E-state index contributed by atoms with van der Waals surface area (Å²) < 4.78 is 0. The lowest BCUT2D eigenvalue weighted by atomic mass is 9.98. The Bertz CT molecular complexity index is 602. The Hall–Kier alpha value is -2.06. The number of hydrogen-bond donors (Lipinski definition) is 1. The van der Waals surface area contributed by atoms with Crippen molar-refractivity contribution in [3.05, 3.63) is 71.3 Å². The zero-order valence-electron chi connectivity index (χ0n) is 11.6. The summed E-state index contributed by atoms with van der Waals surface area (Å²) in [5.41, 5.74) is 11.0. The van der Waals surface area contributed by atoms with Crippen molar-refractivity contribution in [1.29, 1.82) is 0 Å². The molecule has 0 fully saturated rings. The molecule has 1 aliphatic rings.